The van der Waals surface area contributed by atoms with Crippen LogP contribution in [-0.4, -0.2) is 59.9 Å². The van der Waals surface area contributed by atoms with Crippen LogP contribution >= 0.6 is 0 Å². The zero-order valence-corrected chi connectivity index (χ0v) is 22.1. The third-order valence-electron chi connectivity index (χ3n) is 6.42. The van der Waals surface area contributed by atoms with E-state index < -0.39 is 11.9 Å². The first-order chi connectivity index (χ1) is 19.1. The Morgan fingerprint density at radius 2 is 1.62 bits per heavy atom. The molecule has 0 spiro atoms. The zero-order valence-electron chi connectivity index (χ0n) is 22.1. The second-order valence-corrected chi connectivity index (χ2v) is 9.37. The molecule has 0 unspecified atom stereocenters. The summed E-state index contributed by atoms with van der Waals surface area (Å²) in [6, 6.07) is 18.5. The lowest BCUT2D eigenvalue weighted by atomic mass is 10.1. The maximum atomic E-state index is 13.1. The van der Waals surface area contributed by atoms with Crippen LogP contribution in [0.3, 0.4) is 0 Å². The largest absolute Gasteiger partial charge is 0.481 e. The Kier molecular flexibility index (Phi) is 8.43. The molecule has 40 heavy (non-hydrogen) atoms. The van der Waals surface area contributed by atoms with Crippen molar-refractivity contribution in [1.29, 1.82) is 0 Å². The molecule has 0 fully saturated rings. The smallest absolute Gasteiger partial charge is 0.323 e. The van der Waals surface area contributed by atoms with E-state index in [2.05, 4.69) is 16.0 Å². The summed E-state index contributed by atoms with van der Waals surface area (Å²) in [5, 5.41) is 17.3. The van der Waals surface area contributed by atoms with Crippen LogP contribution in [0.25, 0.3) is 0 Å². The minimum Gasteiger partial charge on any atom is -0.481 e. The minimum absolute atomic E-state index is 0. The monoisotopic (exact) mass is 549 g/mol. The highest BCUT2D eigenvalue weighted by Gasteiger charge is 2.30. The molecule has 4 rings (SSSR count). The first-order valence-electron chi connectivity index (χ1n) is 12.5. The summed E-state index contributed by atoms with van der Waals surface area (Å²) in [4.78, 5) is 64.2. The third kappa shape index (κ3) is 6.81. The highest BCUT2D eigenvalue weighted by molar-refractivity contribution is 6.10. The van der Waals surface area contributed by atoms with E-state index >= 15 is 0 Å². The molecule has 212 valence electrons. The molecule has 0 saturated heterocycles. The van der Waals surface area contributed by atoms with Crippen LogP contribution in [0.5, 0.6) is 0 Å². The van der Waals surface area contributed by atoms with Crippen LogP contribution in [0.4, 0.5) is 27.5 Å². The molecule has 0 bridgehead atoms. The molecular weight excluding hydrogens is 514 g/mol. The van der Waals surface area contributed by atoms with E-state index in [1.165, 1.54) is 22.9 Å². The minimum atomic E-state index is -1.08. The fraction of sp³-hybridized carbons (Fsp3) is 0.207. The van der Waals surface area contributed by atoms with E-state index in [0.29, 0.717) is 28.3 Å². The molecule has 0 saturated carbocycles. The van der Waals surface area contributed by atoms with Gasteiger partial charge in [0.05, 0.1) is 24.1 Å². The molecule has 1 aliphatic heterocycles. The molecule has 0 atom stereocenters. The van der Waals surface area contributed by atoms with Crippen LogP contribution in [-0.2, 0) is 20.8 Å². The lowest BCUT2D eigenvalue weighted by Gasteiger charge is -2.19. The molecule has 4 N–H and O–H groups in total. The number of aliphatic carboxylic acids is 1. The number of carboxylic acids is 1. The highest BCUT2D eigenvalue weighted by Crippen LogP contribution is 2.28. The fourth-order valence-electron chi connectivity index (χ4n) is 4.23. The average molecular weight is 550 g/mol. The fourth-order valence-corrected chi connectivity index (χ4v) is 4.23. The molecule has 3 aromatic carbocycles. The number of carbonyl (C=O) groups excluding carboxylic acids is 4. The van der Waals surface area contributed by atoms with Crippen molar-refractivity contribution in [3.63, 3.8) is 0 Å². The van der Waals surface area contributed by atoms with Gasteiger partial charge in [0.15, 0.2) is 0 Å². The van der Waals surface area contributed by atoms with Gasteiger partial charge in [-0.3, -0.25) is 19.2 Å². The normalized spacial score (nSPS) is 12.8. The van der Waals surface area contributed by atoms with Crippen molar-refractivity contribution < 1.29 is 33.4 Å². The van der Waals surface area contributed by atoms with Crippen LogP contribution in [0, 0.1) is 6.92 Å². The second-order valence-electron chi connectivity index (χ2n) is 9.37. The van der Waals surface area contributed by atoms with E-state index in [0.717, 1.165) is 5.56 Å². The molecule has 1 heterocycles. The van der Waals surface area contributed by atoms with Gasteiger partial charge in [-0.05, 0) is 54.4 Å². The number of benzene rings is 3. The summed E-state index contributed by atoms with van der Waals surface area (Å²) in [7, 11) is 1.54. The molecule has 1 aliphatic rings. The third-order valence-corrected chi connectivity index (χ3v) is 6.42. The number of hydrogen-bond acceptors (Lipinski definition) is 5. The van der Waals surface area contributed by atoms with Crippen molar-refractivity contribution in [3.8, 4) is 0 Å². The number of hydrogen-bond donors (Lipinski definition) is 4. The van der Waals surface area contributed by atoms with Crippen LogP contribution in [0.1, 0.15) is 32.2 Å². The molecule has 11 nitrogen and oxygen atoms in total. The number of para-hydroxylation sites is 1. The predicted molar refractivity (Wildman–Crippen MR) is 157 cm³/mol. The number of carboxylic acid groups (broad SMARTS) is 1. The van der Waals surface area contributed by atoms with Crippen molar-refractivity contribution in [2.45, 2.75) is 19.8 Å². The molecule has 3 aromatic rings. The topological polar surface area (TPSA) is 148 Å². The number of rotatable bonds is 8. The van der Waals surface area contributed by atoms with Crippen molar-refractivity contribution in [2.24, 2.45) is 0 Å². The Hall–Kier alpha value is -5.19. The summed E-state index contributed by atoms with van der Waals surface area (Å²) in [6.45, 7) is 1.55. The van der Waals surface area contributed by atoms with Gasteiger partial charge in [0.2, 0.25) is 11.8 Å². The first-order valence-corrected chi connectivity index (χ1v) is 12.5. The quantitative estimate of drug-likeness (QED) is 0.326. The van der Waals surface area contributed by atoms with Crippen LogP contribution in [0.15, 0.2) is 66.7 Å². The van der Waals surface area contributed by atoms with Gasteiger partial charge in [-0.1, -0.05) is 30.3 Å². The molecule has 0 radical (unpaired) electrons. The van der Waals surface area contributed by atoms with E-state index in [1.54, 1.807) is 36.4 Å². The Labute approximate surface area is 235 Å². The van der Waals surface area contributed by atoms with Crippen molar-refractivity contribution in [2.75, 3.05) is 41.0 Å². The lowest BCUT2D eigenvalue weighted by Crippen LogP contribution is -2.38. The summed E-state index contributed by atoms with van der Waals surface area (Å²) >= 11 is 0. The highest BCUT2D eigenvalue weighted by atomic mass is 16.4. The van der Waals surface area contributed by atoms with E-state index in [1.807, 2.05) is 31.2 Å². The number of nitrogens with one attached hydrogen (secondary N) is 3. The van der Waals surface area contributed by atoms with Gasteiger partial charge < -0.3 is 30.9 Å². The molecule has 0 aromatic heterocycles. The second kappa shape index (κ2) is 12.1. The molecular formula is C29H35N5O6. The number of anilines is 4. The summed E-state index contributed by atoms with van der Waals surface area (Å²) < 4.78 is 0. The molecule has 0 aliphatic carbocycles. The maximum Gasteiger partial charge on any atom is 0.323 e. The maximum absolute atomic E-state index is 13.1. The number of likely N-dealkylation sites (N-methyl/N-ethyl adjacent to an activating group) is 1. The number of aryl methyl sites for hydroxylation is 1. The zero-order chi connectivity index (χ0) is 28.8. The predicted octanol–water partition coefficient (Wildman–Crippen LogP) is 4.45. The van der Waals surface area contributed by atoms with Gasteiger partial charge in [0.1, 0.15) is 6.54 Å². The Bertz CT molecular complexity index is 1490. The summed E-state index contributed by atoms with van der Waals surface area (Å²) in [6.07, 6.45) is -0.246. The van der Waals surface area contributed by atoms with E-state index in [-0.39, 0.29) is 53.6 Å². The van der Waals surface area contributed by atoms with E-state index in [4.69, 9.17) is 5.11 Å². The molecule has 5 amide bonds. The lowest BCUT2D eigenvalue weighted by molar-refractivity contribution is -0.137. The number of urea groups is 1. The summed E-state index contributed by atoms with van der Waals surface area (Å²) in [5.41, 5.74) is 3.84. The van der Waals surface area contributed by atoms with Gasteiger partial charge in [0.25, 0.3) is 5.91 Å². The number of nitrogens with zero attached hydrogens (tertiary/aromatic N) is 2. The van der Waals surface area contributed by atoms with Crippen LogP contribution < -0.4 is 20.9 Å². The number of amides is 5. The van der Waals surface area contributed by atoms with Gasteiger partial charge in [-0.15, -0.1) is 0 Å². The standard InChI is InChI=1S/C29H29N5O6.3H2/c1-18-5-3-4-6-23(18)32-29(40)31-20-9-7-19(8-10-20)15-25(35)30-21-11-12-24-22(16-21)28(39)34(14-13-27(37)38)17-26(36)33(24)2;;;/h3-12,16H,13-15,17H2,1-2H3,(H,30,35)(H,37,38)(H2,31,32,40);3*1H. The van der Waals surface area contributed by atoms with Gasteiger partial charge in [-0.25, -0.2) is 4.79 Å². The summed E-state index contributed by atoms with van der Waals surface area (Å²) in [5.74, 6) is -2.24. The van der Waals surface area contributed by atoms with Gasteiger partial charge in [0, 0.05) is 34.9 Å². The van der Waals surface area contributed by atoms with Crippen molar-refractivity contribution in [1.82, 2.24) is 4.90 Å². The number of carbonyl (C=O) groups is 5. The Morgan fingerprint density at radius 1 is 0.925 bits per heavy atom. The van der Waals surface area contributed by atoms with E-state index in [9.17, 15) is 24.0 Å². The average Bonchev–Trinajstić information content (AvgIpc) is 3.00. The van der Waals surface area contributed by atoms with Gasteiger partial charge in [-0.2, -0.15) is 0 Å². The molecule has 11 heteroatoms. The van der Waals surface area contributed by atoms with Crippen molar-refractivity contribution >= 4 is 52.5 Å². The van der Waals surface area contributed by atoms with Gasteiger partial charge >= 0.3 is 12.0 Å². The Morgan fingerprint density at radius 3 is 2.33 bits per heavy atom. The SMILES string of the molecule is Cc1ccccc1NC(=O)Nc1ccc(CC(=O)Nc2ccc3c(c2)C(=O)N(CCC(=O)O)CC(=O)N3C)cc1.[HH].[HH].[HH]. The Balaban J connectivity index is 0.00000308. The number of fused-ring (bicyclic) bond motifs is 1. The first kappa shape index (κ1) is 27.8. The van der Waals surface area contributed by atoms with Crippen LogP contribution in [0.2, 0.25) is 0 Å². The van der Waals surface area contributed by atoms with Crippen molar-refractivity contribution in [3.05, 3.63) is 83.4 Å².